The predicted molar refractivity (Wildman–Crippen MR) is 146 cm³/mol. The van der Waals surface area contributed by atoms with E-state index in [9.17, 15) is 80.5 Å². The minimum absolute atomic E-state index is 1.000. The molecule has 4 aliphatic rings. The van der Waals surface area contributed by atoms with Crippen LogP contribution in [0.3, 0.4) is 0 Å². The Hall–Kier alpha value is -2.80. The van der Waals surface area contributed by atoms with E-state index in [-0.39, 0.29) is 0 Å². The third-order valence-electron chi connectivity index (χ3n) is 8.53. The quantitative estimate of drug-likeness (QED) is 0.0881. The second kappa shape index (κ2) is 16.5. The number of rotatable bonds is 12. The van der Waals surface area contributed by atoms with Crippen molar-refractivity contribution in [1.82, 2.24) is 0 Å². The van der Waals surface area contributed by atoms with E-state index in [1.165, 1.54) is 0 Å². The van der Waals surface area contributed by atoms with Gasteiger partial charge in [0.2, 0.25) is 0 Å². The van der Waals surface area contributed by atoms with Crippen LogP contribution in [0.2, 0.25) is 0 Å². The van der Waals surface area contributed by atoms with Crippen molar-refractivity contribution >= 4 is 23.9 Å². The van der Waals surface area contributed by atoms with E-state index in [1.54, 1.807) is 0 Å². The molecule has 0 aromatic heterocycles. The van der Waals surface area contributed by atoms with Gasteiger partial charge in [0.15, 0.2) is 49.6 Å². The molecule has 0 aromatic rings. The molecule has 0 radical (unpaired) electrons. The van der Waals surface area contributed by atoms with Gasteiger partial charge < -0.3 is 104 Å². The Morgan fingerprint density at radius 2 is 0.608 bits per heavy atom. The smallest absolute Gasteiger partial charge is 0.335 e. The van der Waals surface area contributed by atoms with E-state index >= 15 is 0 Å². The Bertz CT molecular complexity index is 1250. The topological polar surface area (TPSA) is 394 Å². The van der Waals surface area contributed by atoms with Gasteiger partial charge in [-0.3, -0.25) is 0 Å². The monoisotopic (exact) mass is 750 g/mol. The van der Waals surface area contributed by atoms with Crippen LogP contribution in [0.5, 0.6) is 0 Å². The van der Waals surface area contributed by atoms with E-state index in [0.29, 0.717) is 0 Å². The second-order valence-electron chi connectivity index (χ2n) is 11.7. The van der Waals surface area contributed by atoms with Gasteiger partial charge >= 0.3 is 23.9 Å². The zero-order chi connectivity index (χ0) is 38.2. The Balaban J connectivity index is 1.51. The molecule has 0 saturated carbocycles. The lowest BCUT2D eigenvalue weighted by Crippen LogP contribution is -2.68. The summed E-state index contributed by atoms with van der Waals surface area (Å²) in [5.74, 6) is -7.32. The summed E-state index contributed by atoms with van der Waals surface area (Å²) in [4.78, 5) is 47.8. The minimum atomic E-state index is -2.40. The average Bonchev–Trinajstić information content (AvgIpc) is 3.07. The molecule has 20 atom stereocenters. The Labute approximate surface area is 284 Å². The van der Waals surface area contributed by atoms with Crippen molar-refractivity contribution in [2.24, 2.45) is 0 Å². The van der Waals surface area contributed by atoms with Crippen LogP contribution in [-0.2, 0) is 61.8 Å². The van der Waals surface area contributed by atoms with E-state index < -0.39 is 147 Å². The van der Waals surface area contributed by atoms with Gasteiger partial charge in [-0.1, -0.05) is 0 Å². The van der Waals surface area contributed by atoms with E-state index in [4.69, 9.17) is 42.6 Å². The molecule has 0 aromatic carbocycles. The number of carboxylic acid groups (broad SMARTS) is 4. The number of hydrogen-bond acceptors (Lipinski definition) is 21. The first-order valence-electron chi connectivity index (χ1n) is 14.9. The molecule has 0 aliphatic carbocycles. The van der Waals surface area contributed by atoms with Crippen molar-refractivity contribution in [3.05, 3.63) is 0 Å². The Morgan fingerprint density at radius 1 is 0.373 bits per heavy atom. The van der Waals surface area contributed by atoms with Crippen molar-refractivity contribution in [2.45, 2.75) is 123 Å². The normalized spacial score (nSPS) is 47.7. The highest BCUT2D eigenvalue weighted by molar-refractivity contribution is 5.75. The van der Waals surface area contributed by atoms with Gasteiger partial charge in [-0.15, -0.1) is 0 Å². The first-order valence-corrected chi connectivity index (χ1v) is 14.9. The lowest BCUT2D eigenvalue weighted by molar-refractivity contribution is -0.378. The first kappa shape index (κ1) is 41.0. The van der Waals surface area contributed by atoms with Gasteiger partial charge in [0, 0.05) is 14.2 Å². The molecular weight excluding hydrogens is 712 g/mol. The first-order chi connectivity index (χ1) is 23.9. The number of methoxy groups -OCH3 is 2. The fraction of sp³-hybridized carbons (Fsp3) is 0.846. The van der Waals surface area contributed by atoms with Crippen LogP contribution in [-0.4, -0.2) is 222 Å². The molecule has 0 bridgehead atoms. The van der Waals surface area contributed by atoms with Gasteiger partial charge in [0.25, 0.3) is 0 Å². The summed E-state index contributed by atoms with van der Waals surface area (Å²) in [6.07, 6.45) is -43.0. The summed E-state index contributed by atoms with van der Waals surface area (Å²) in [6.45, 7) is 0. The average molecular weight is 751 g/mol. The van der Waals surface area contributed by atoms with Crippen molar-refractivity contribution in [3.63, 3.8) is 0 Å². The zero-order valence-electron chi connectivity index (χ0n) is 26.2. The van der Waals surface area contributed by atoms with Crippen LogP contribution in [0, 0.1) is 0 Å². The number of ether oxygens (including phenoxy) is 9. The Morgan fingerprint density at radius 3 is 0.863 bits per heavy atom. The molecule has 4 aliphatic heterocycles. The molecule has 0 spiro atoms. The maximum atomic E-state index is 12.2. The van der Waals surface area contributed by atoms with Crippen molar-refractivity contribution in [2.75, 3.05) is 14.2 Å². The number of carboxylic acids is 4. The van der Waals surface area contributed by atoms with E-state index in [1.807, 2.05) is 0 Å². The lowest BCUT2D eigenvalue weighted by Gasteiger charge is -2.48. The highest BCUT2D eigenvalue weighted by Crippen LogP contribution is 2.35. The number of carbonyl (C=O) groups is 4. The van der Waals surface area contributed by atoms with Gasteiger partial charge in [-0.25, -0.2) is 19.2 Å². The maximum Gasteiger partial charge on any atom is 0.335 e. The predicted octanol–water partition coefficient (Wildman–Crippen LogP) is -8.07. The summed E-state index contributed by atoms with van der Waals surface area (Å²) >= 11 is 0. The fourth-order valence-corrected chi connectivity index (χ4v) is 5.86. The van der Waals surface area contributed by atoms with Crippen LogP contribution in [0.15, 0.2) is 0 Å². The summed E-state index contributed by atoms with van der Waals surface area (Å²) < 4.78 is 46.0. The third kappa shape index (κ3) is 8.09. The molecule has 51 heavy (non-hydrogen) atoms. The summed E-state index contributed by atoms with van der Waals surface area (Å²) in [5, 5.41) is 123. The number of hydrogen-bond donors (Lipinski definition) is 12. The standard InChI is InChI=1S/C26H38O25/c1-43-11-3(27)8(32)24(49-15(11)19(35)36)46-13-5(29)10(34)26(51-17(13)21(39)40)47-14-6(30)9(33)25(50-18(14)22(41)42)45-12-4(28)7(31)23(44-2)48-16(12)20(37)38/h3-18,23-34H,1-2H3,(H,35,36)(H,37,38)(H,39,40)(H,41,42)/t3-,4?,5?,6+,7+,8?,9?,10?,11-,12-,13-,14+,15?,16+,17+,18?,23+,24+,25+,26+/m0/s1. The van der Waals surface area contributed by atoms with E-state index in [2.05, 4.69) is 0 Å². The molecule has 292 valence electrons. The summed E-state index contributed by atoms with van der Waals surface area (Å²) in [7, 11) is 2.02. The van der Waals surface area contributed by atoms with Gasteiger partial charge in [-0.05, 0) is 0 Å². The van der Waals surface area contributed by atoms with Crippen LogP contribution in [0.4, 0.5) is 0 Å². The molecule has 25 nitrogen and oxygen atoms in total. The van der Waals surface area contributed by atoms with Crippen LogP contribution < -0.4 is 0 Å². The largest absolute Gasteiger partial charge is 0.479 e. The van der Waals surface area contributed by atoms with Crippen molar-refractivity contribution < 1.29 is 123 Å². The van der Waals surface area contributed by atoms with Crippen molar-refractivity contribution in [1.29, 1.82) is 0 Å². The number of aliphatic hydroxyl groups is 8. The van der Waals surface area contributed by atoms with Crippen LogP contribution >= 0.6 is 0 Å². The van der Waals surface area contributed by atoms with E-state index in [0.717, 1.165) is 14.2 Å². The molecule has 4 heterocycles. The molecule has 25 heteroatoms. The zero-order valence-corrected chi connectivity index (χ0v) is 26.2. The number of aliphatic hydroxyl groups excluding tert-OH is 8. The van der Waals surface area contributed by atoms with Gasteiger partial charge in [0.1, 0.15) is 73.2 Å². The SMILES string of the molecule is CO[C@@H]1O[C@@H](C(=O)O)[C@@H](O[C@@H]2OC(C(=O)O)[C@H](O[C@@H]3O[C@@H](C(=O)O)[C@@H](O[C@@H]4OC(C(=O)O)[C@@H](OC)[C@@H](O)C4O)C(O)C3O)[C@H](O)C2O)C(O)[C@H]1O. The van der Waals surface area contributed by atoms with Crippen LogP contribution in [0.1, 0.15) is 0 Å². The van der Waals surface area contributed by atoms with Crippen LogP contribution in [0.25, 0.3) is 0 Å². The third-order valence-corrected chi connectivity index (χ3v) is 8.53. The molecule has 0 amide bonds. The maximum absolute atomic E-state index is 12.2. The van der Waals surface area contributed by atoms with Gasteiger partial charge in [-0.2, -0.15) is 0 Å². The fourth-order valence-electron chi connectivity index (χ4n) is 5.86. The molecular formula is C26H38O25. The lowest BCUT2D eigenvalue weighted by atomic mass is 9.95. The molecule has 4 saturated heterocycles. The molecule has 12 N–H and O–H groups in total. The van der Waals surface area contributed by atoms with Crippen molar-refractivity contribution in [3.8, 4) is 0 Å². The highest BCUT2D eigenvalue weighted by Gasteiger charge is 2.58. The minimum Gasteiger partial charge on any atom is -0.479 e. The molecule has 4 rings (SSSR count). The molecule has 4 fully saturated rings. The second-order valence-corrected chi connectivity index (χ2v) is 11.7. The number of aliphatic carboxylic acids is 4. The van der Waals surface area contributed by atoms with Gasteiger partial charge in [0.05, 0.1) is 0 Å². The Kier molecular flexibility index (Phi) is 13.2. The molecule has 7 unspecified atom stereocenters. The highest BCUT2D eigenvalue weighted by atomic mass is 16.8. The summed E-state index contributed by atoms with van der Waals surface area (Å²) in [5.41, 5.74) is 0. The summed E-state index contributed by atoms with van der Waals surface area (Å²) in [6, 6.07) is 0.